The first-order valence-electron chi connectivity index (χ1n) is 6.89. The van der Waals surface area contributed by atoms with Crippen molar-refractivity contribution >= 4 is 0 Å². The molecule has 1 aliphatic rings. The van der Waals surface area contributed by atoms with E-state index in [9.17, 15) is 13.2 Å². The predicted molar refractivity (Wildman–Crippen MR) is 71.3 cm³/mol. The van der Waals surface area contributed by atoms with Gasteiger partial charge in [-0.2, -0.15) is 0 Å². The third-order valence-corrected chi connectivity index (χ3v) is 3.65. The Morgan fingerprint density at radius 2 is 1.95 bits per heavy atom. The molecule has 0 saturated carbocycles. The van der Waals surface area contributed by atoms with Crippen molar-refractivity contribution in [3.8, 4) is 0 Å². The van der Waals surface area contributed by atoms with Crippen LogP contribution in [0.15, 0.2) is 18.2 Å². The van der Waals surface area contributed by atoms with E-state index in [1.165, 1.54) is 6.07 Å². The zero-order chi connectivity index (χ0) is 14.7. The molecule has 0 radical (unpaired) electrons. The lowest BCUT2D eigenvalue weighted by molar-refractivity contribution is 0.0338. The van der Waals surface area contributed by atoms with E-state index in [1.54, 1.807) is 13.0 Å². The summed E-state index contributed by atoms with van der Waals surface area (Å²) in [4.78, 5) is 0. The molecule has 0 aliphatic carbocycles. The SMILES string of the molecule is CC(NC1COC[C@H](C)C1)c1cccc(C(F)F)c1F. The molecule has 20 heavy (non-hydrogen) atoms. The average Bonchev–Trinajstić information content (AvgIpc) is 2.38. The Bertz CT molecular complexity index is 453. The van der Waals surface area contributed by atoms with E-state index in [0.29, 0.717) is 12.5 Å². The van der Waals surface area contributed by atoms with Crippen molar-refractivity contribution in [3.05, 3.63) is 35.1 Å². The Morgan fingerprint density at radius 3 is 2.60 bits per heavy atom. The molecule has 2 unspecified atom stereocenters. The van der Waals surface area contributed by atoms with Gasteiger partial charge in [0.1, 0.15) is 5.82 Å². The Kier molecular flexibility index (Phi) is 5.05. The van der Waals surface area contributed by atoms with Gasteiger partial charge >= 0.3 is 0 Å². The number of hydrogen-bond donors (Lipinski definition) is 1. The molecule has 0 amide bonds. The van der Waals surface area contributed by atoms with Crippen LogP contribution < -0.4 is 5.32 Å². The molecule has 3 atom stereocenters. The molecule has 1 aliphatic heterocycles. The maximum atomic E-state index is 14.1. The van der Waals surface area contributed by atoms with Gasteiger partial charge in [0, 0.05) is 24.3 Å². The van der Waals surface area contributed by atoms with Crippen LogP contribution in [0.2, 0.25) is 0 Å². The summed E-state index contributed by atoms with van der Waals surface area (Å²) in [6.07, 6.45) is -1.85. The fourth-order valence-corrected chi connectivity index (χ4v) is 2.66. The van der Waals surface area contributed by atoms with Gasteiger partial charge in [0.2, 0.25) is 0 Å². The third-order valence-electron chi connectivity index (χ3n) is 3.65. The second-order valence-electron chi connectivity index (χ2n) is 5.51. The van der Waals surface area contributed by atoms with Crippen molar-refractivity contribution < 1.29 is 17.9 Å². The highest BCUT2D eigenvalue weighted by atomic mass is 19.3. The Hall–Kier alpha value is -1.07. The van der Waals surface area contributed by atoms with E-state index in [1.807, 2.05) is 0 Å². The van der Waals surface area contributed by atoms with Crippen LogP contribution in [0.3, 0.4) is 0 Å². The fourth-order valence-electron chi connectivity index (χ4n) is 2.66. The van der Waals surface area contributed by atoms with Crippen molar-refractivity contribution in [2.45, 2.75) is 38.8 Å². The highest BCUT2D eigenvalue weighted by Gasteiger charge is 2.24. The molecule has 112 valence electrons. The number of nitrogens with one attached hydrogen (secondary N) is 1. The largest absolute Gasteiger partial charge is 0.380 e. The standard InChI is InChI=1S/C15H20F3NO/c1-9-6-11(8-20-7-9)19-10(2)12-4-3-5-13(14(12)16)15(17)18/h3-5,9-11,15,19H,6-8H2,1-2H3/t9-,10?,11?/m1/s1. The van der Waals surface area contributed by atoms with Gasteiger partial charge in [-0.3, -0.25) is 0 Å². The second kappa shape index (κ2) is 6.59. The number of halogens is 3. The molecule has 2 rings (SSSR count). The normalized spacial score (nSPS) is 24.9. The van der Waals surface area contributed by atoms with Crippen LogP contribution in [0.4, 0.5) is 13.2 Å². The highest BCUT2D eigenvalue weighted by molar-refractivity contribution is 5.29. The van der Waals surface area contributed by atoms with E-state index in [2.05, 4.69) is 12.2 Å². The maximum Gasteiger partial charge on any atom is 0.266 e. The molecule has 0 bridgehead atoms. The molecule has 1 heterocycles. The summed E-state index contributed by atoms with van der Waals surface area (Å²) in [6.45, 7) is 5.19. The van der Waals surface area contributed by atoms with Crippen molar-refractivity contribution in [1.82, 2.24) is 5.32 Å². The van der Waals surface area contributed by atoms with Crippen LogP contribution in [0, 0.1) is 11.7 Å². The predicted octanol–water partition coefficient (Wildman–Crippen LogP) is 3.84. The molecule has 0 aromatic heterocycles. The number of rotatable bonds is 4. The fraction of sp³-hybridized carbons (Fsp3) is 0.600. The van der Waals surface area contributed by atoms with E-state index >= 15 is 0 Å². The highest BCUT2D eigenvalue weighted by Crippen LogP contribution is 2.28. The van der Waals surface area contributed by atoms with Crippen molar-refractivity contribution in [2.75, 3.05) is 13.2 Å². The van der Waals surface area contributed by atoms with Crippen LogP contribution in [0.25, 0.3) is 0 Å². The lowest BCUT2D eigenvalue weighted by atomic mass is 9.98. The molecule has 0 spiro atoms. The summed E-state index contributed by atoms with van der Waals surface area (Å²) in [5.74, 6) is -0.363. The lowest BCUT2D eigenvalue weighted by Gasteiger charge is -2.30. The molecule has 2 nitrogen and oxygen atoms in total. The molecule has 1 saturated heterocycles. The van der Waals surface area contributed by atoms with Crippen molar-refractivity contribution in [2.24, 2.45) is 5.92 Å². The van der Waals surface area contributed by atoms with Crippen molar-refractivity contribution in [3.63, 3.8) is 0 Å². The minimum absolute atomic E-state index is 0.128. The van der Waals surface area contributed by atoms with E-state index in [-0.39, 0.29) is 17.6 Å². The van der Waals surface area contributed by atoms with E-state index < -0.39 is 17.8 Å². The summed E-state index contributed by atoms with van der Waals surface area (Å²) in [5, 5.41) is 3.26. The first-order valence-corrected chi connectivity index (χ1v) is 6.89. The lowest BCUT2D eigenvalue weighted by Crippen LogP contribution is -2.41. The molecule has 1 fully saturated rings. The van der Waals surface area contributed by atoms with Gasteiger partial charge in [-0.25, -0.2) is 13.2 Å². The minimum atomic E-state index is -2.79. The van der Waals surface area contributed by atoms with Gasteiger partial charge in [0.15, 0.2) is 0 Å². The Morgan fingerprint density at radius 1 is 1.25 bits per heavy atom. The number of hydrogen-bond acceptors (Lipinski definition) is 2. The zero-order valence-corrected chi connectivity index (χ0v) is 11.7. The van der Waals surface area contributed by atoms with Gasteiger partial charge in [-0.15, -0.1) is 0 Å². The number of ether oxygens (including phenoxy) is 1. The van der Waals surface area contributed by atoms with Crippen LogP contribution in [-0.2, 0) is 4.74 Å². The number of benzene rings is 1. The van der Waals surface area contributed by atoms with Crippen LogP contribution in [0.5, 0.6) is 0 Å². The van der Waals surface area contributed by atoms with E-state index in [0.717, 1.165) is 19.1 Å². The van der Waals surface area contributed by atoms with Gasteiger partial charge < -0.3 is 10.1 Å². The summed E-state index contributed by atoms with van der Waals surface area (Å²) >= 11 is 0. The number of alkyl halides is 2. The van der Waals surface area contributed by atoms with Gasteiger partial charge in [0.25, 0.3) is 6.43 Å². The van der Waals surface area contributed by atoms with Gasteiger partial charge in [0.05, 0.1) is 12.2 Å². The van der Waals surface area contributed by atoms with E-state index in [4.69, 9.17) is 4.74 Å². The van der Waals surface area contributed by atoms with Crippen LogP contribution in [-0.4, -0.2) is 19.3 Å². The molecular formula is C15H20F3NO. The van der Waals surface area contributed by atoms with Gasteiger partial charge in [-0.05, 0) is 19.3 Å². The third kappa shape index (κ3) is 3.52. The summed E-state index contributed by atoms with van der Waals surface area (Å²) in [7, 11) is 0. The molecule has 5 heteroatoms. The quantitative estimate of drug-likeness (QED) is 0.908. The second-order valence-corrected chi connectivity index (χ2v) is 5.51. The molecule has 1 N–H and O–H groups in total. The first kappa shape index (κ1) is 15.3. The summed E-state index contributed by atoms with van der Waals surface area (Å²) in [6, 6.07) is 3.95. The summed E-state index contributed by atoms with van der Waals surface area (Å²) < 4.78 is 44.9. The van der Waals surface area contributed by atoms with Gasteiger partial charge in [-0.1, -0.05) is 25.1 Å². The Labute approximate surface area is 117 Å². The summed E-state index contributed by atoms with van der Waals surface area (Å²) in [5.41, 5.74) is -0.259. The molecule has 1 aromatic rings. The zero-order valence-electron chi connectivity index (χ0n) is 11.7. The maximum absolute atomic E-state index is 14.1. The van der Waals surface area contributed by atoms with Crippen LogP contribution >= 0.6 is 0 Å². The van der Waals surface area contributed by atoms with Crippen LogP contribution in [0.1, 0.15) is 43.9 Å². The average molecular weight is 287 g/mol. The first-order chi connectivity index (χ1) is 9.49. The Balaban J connectivity index is 2.09. The van der Waals surface area contributed by atoms with Crippen molar-refractivity contribution in [1.29, 1.82) is 0 Å². The molecular weight excluding hydrogens is 267 g/mol. The smallest absolute Gasteiger partial charge is 0.266 e. The molecule has 1 aromatic carbocycles. The minimum Gasteiger partial charge on any atom is -0.380 e. The topological polar surface area (TPSA) is 21.3 Å². The monoisotopic (exact) mass is 287 g/mol.